The second-order valence-electron chi connectivity index (χ2n) is 33.1. The second-order valence-corrected chi connectivity index (χ2v) is 33.1. The highest BCUT2D eigenvalue weighted by atomic mass is 14.4. The van der Waals surface area contributed by atoms with Crippen molar-refractivity contribution in [2.45, 2.75) is 528 Å². The largest absolute Gasteiger partial charge is 0.0776 e. The highest BCUT2D eigenvalue weighted by molar-refractivity contribution is 4.90. The molecule has 0 heteroatoms. The first-order chi connectivity index (χ1) is 49.3. The van der Waals surface area contributed by atoms with Gasteiger partial charge >= 0.3 is 0 Å². The van der Waals surface area contributed by atoms with Gasteiger partial charge in [0.25, 0.3) is 0 Å². The van der Waals surface area contributed by atoms with E-state index in [1.165, 1.54) is 151 Å². The summed E-state index contributed by atoms with van der Waals surface area (Å²) in [6, 6.07) is 0. The van der Waals surface area contributed by atoms with Crippen LogP contribution in [0.4, 0.5) is 0 Å². The predicted octanol–water partition coefficient (Wildman–Crippen LogP) is 37.4. The quantitative estimate of drug-likeness (QED) is 0.263. The Hall–Kier alpha value is 0. The van der Waals surface area contributed by atoms with Crippen LogP contribution in [0.25, 0.3) is 0 Å². The van der Waals surface area contributed by atoms with E-state index in [-0.39, 0.29) is 7.43 Å². The predicted molar refractivity (Wildman–Crippen MR) is 473 cm³/mol. The van der Waals surface area contributed by atoms with Crippen LogP contribution in [0.2, 0.25) is 0 Å². The molecule has 0 heterocycles. The van der Waals surface area contributed by atoms with Gasteiger partial charge in [-0.25, -0.2) is 0 Å². The summed E-state index contributed by atoms with van der Waals surface area (Å²) in [5, 5.41) is 0. The fourth-order valence-corrected chi connectivity index (χ4v) is 23.1. The summed E-state index contributed by atoms with van der Waals surface area (Å²) >= 11 is 0. The molecule has 0 spiro atoms. The van der Waals surface area contributed by atoms with E-state index in [1.54, 1.807) is 218 Å². The van der Waals surface area contributed by atoms with Gasteiger partial charge in [-0.05, 0) is 214 Å². The third-order valence-electron chi connectivity index (χ3n) is 27.9. The van der Waals surface area contributed by atoms with Gasteiger partial charge in [0.15, 0.2) is 0 Å². The Bertz CT molecular complexity index is 1440. The van der Waals surface area contributed by atoms with Gasteiger partial charge in [-0.15, -0.1) is 0 Å². The van der Waals surface area contributed by atoms with Crippen LogP contribution in [0.15, 0.2) is 0 Å². The summed E-state index contributed by atoms with van der Waals surface area (Å²) in [6.07, 6.45) is 79.9. The van der Waals surface area contributed by atoms with Crippen molar-refractivity contribution in [3.05, 3.63) is 0 Å². The summed E-state index contributed by atoms with van der Waals surface area (Å²) in [7, 11) is 0. The van der Waals surface area contributed by atoms with Gasteiger partial charge in [0.1, 0.15) is 0 Å². The molecule has 0 N–H and O–H groups in total. The molecule has 0 aromatic heterocycles. The van der Waals surface area contributed by atoms with Crippen molar-refractivity contribution < 1.29 is 0 Å². The summed E-state index contributed by atoms with van der Waals surface area (Å²) in [4.78, 5) is 0. The van der Waals surface area contributed by atoms with Crippen LogP contribution in [-0.4, -0.2) is 0 Å². The minimum absolute atomic E-state index is 0. The van der Waals surface area contributed by atoms with Crippen molar-refractivity contribution >= 4 is 0 Å². The van der Waals surface area contributed by atoms with Crippen molar-refractivity contribution in [3.8, 4) is 0 Å². The zero-order chi connectivity index (χ0) is 75.9. The Morgan fingerprint density at radius 1 is 0.188 bits per heavy atom. The smallest absolute Gasteiger partial charge is 0.0358 e. The second kappa shape index (κ2) is 74.1. The van der Waals surface area contributed by atoms with E-state index < -0.39 is 0 Å². The molecular weight excluding hydrogens is 1210 g/mol. The molecule has 614 valence electrons. The lowest BCUT2D eigenvalue weighted by Crippen LogP contribution is -2.27. The van der Waals surface area contributed by atoms with E-state index in [0.29, 0.717) is 0 Å². The molecule has 0 aromatic rings. The topological polar surface area (TPSA) is 0 Å². The van der Waals surface area contributed by atoms with Gasteiger partial charge in [-0.3, -0.25) is 0 Å². The highest BCUT2D eigenvalue weighted by Gasteiger charge is 2.39. The maximum Gasteiger partial charge on any atom is -0.0358 e. The molecule has 16 saturated carbocycles. The van der Waals surface area contributed by atoms with Gasteiger partial charge in [-0.2, -0.15) is 0 Å². The molecule has 16 unspecified atom stereocenters. The summed E-state index contributed by atoms with van der Waals surface area (Å²) < 4.78 is 0. The molecule has 0 amide bonds. The fourth-order valence-electron chi connectivity index (χ4n) is 23.1. The van der Waals surface area contributed by atoms with E-state index in [9.17, 15) is 0 Å². The maximum absolute atomic E-state index is 2.42. The van der Waals surface area contributed by atoms with Crippen molar-refractivity contribution in [2.24, 2.45) is 124 Å². The minimum atomic E-state index is 0. The van der Waals surface area contributed by atoms with Crippen molar-refractivity contribution in [3.63, 3.8) is 0 Å². The zero-order valence-electron chi connectivity index (χ0n) is 75.9. The molecule has 0 aromatic carbocycles. The Morgan fingerprint density at radius 3 is 0.644 bits per heavy atom. The number of hydrogen-bond acceptors (Lipinski definition) is 0. The van der Waals surface area contributed by atoms with Crippen LogP contribution in [0, 0.1) is 124 Å². The lowest BCUT2D eigenvalue weighted by Gasteiger charge is -2.39. The molecule has 16 atom stereocenters. The molecule has 16 aliphatic carbocycles. The highest BCUT2D eigenvalue weighted by Crippen LogP contribution is 2.51. The molecule has 0 radical (unpaired) electrons. The fraction of sp³-hybridized carbons (Fsp3) is 1.00. The van der Waals surface area contributed by atoms with Crippen LogP contribution in [0.5, 0.6) is 0 Å². The van der Waals surface area contributed by atoms with Crippen LogP contribution in [0.3, 0.4) is 0 Å². The number of rotatable bonds is 4. The van der Waals surface area contributed by atoms with E-state index in [4.69, 9.17) is 0 Å². The normalized spacial score (nSPS) is 35.0. The van der Waals surface area contributed by atoms with Crippen molar-refractivity contribution in [1.29, 1.82) is 0 Å². The minimum Gasteiger partial charge on any atom is -0.0776 e. The van der Waals surface area contributed by atoms with Crippen molar-refractivity contribution in [2.75, 3.05) is 0 Å². The van der Waals surface area contributed by atoms with E-state index in [1.807, 2.05) is 138 Å². The standard InChI is InChI=1S/C12H22.3C11H20.2C9H16.2C7H12.C3H8.10C2H6.CH4/c1-2-10-7-8-11-5-3-4-6-12(11)9-10;1-2-9-6-7-10-4-3-5-11(10)8-9;2*1-2-9-7-8-10-5-3-4-6-11(9)10;1-7-5-8-3-2-4-9(8)6-7;1-2-5-9-7-3-6-8(9)4-1;2*1-2-7-4-3-6(1)5-7;1-3-2;10*1-2;/h10-12H,2-9H2,1H3;3*9-11H,2-8H2,1H3;7-9H,2-6H2,1H3;8-9H,1-7H2;2*6-7H,1-5H2;3H2,1-2H3;10*1-2H3;1H4. The summed E-state index contributed by atoms with van der Waals surface area (Å²) in [6.45, 7) is 56.1. The number of fused-ring (bicyclic) bond motifs is 10. The van der Waals surface area contributed by atoms with Crippen LogP contribution >= 0.6 is 0 Å². The lowest BCUT2D eigenvalue weighted by molar-refractivity contribution is 0.128. The molecule has 16 aliphatic rings. The Balaban J connectivity index is -0.000000512. The first kappa shape index (κ1) is 107. The average molecular weight is 1420 g/mol. The molecule has 4 bridgehead atoms. The lowest BCUT2D eigenvalue weighted by atomic mass is 9.67. The first-order valence-electron chi connectivity index (χ1n) is 49.3. The van der Waals surface area contributed by atoms with Crippen LogP contribution in [0.1, 0.15) is 528 Å². The van der Waals surface area contributed by atoms with E-state index >= 15 is 0 Å². The van der Waals surface area contributed by atoms with Gasteiger partial charge in [0.05, 0.1) is 0 Å². The molecule has 16 rings (SSSR count). The average Bonchev–Trinajstić information content (AvgIpc) is 1.82. The molecule has 0 saturated heterocycles. The third-order valence-corrected chi connectivity index (χ3v) is 27.9. The maximum atomic E-state index is 2.42. The van der Waals surface area contributed by atoms with Gasteiger partial charge in [0.2, 0.25) is 0 Å². The molecule has 101 heavy (non-hydrogen) atoms. The van der Waals surface area contributed by atoms with Gasteiger partial charge in [-0.1, -0.05) is 438 Å². The molecule has 0 aliphatic heterocycles. The van der Waals surface area contributed by atoms with Crippen LogP contribution in [-0.2, 0) is 0 Å². The SMILES string of the molecule is C.C1CC2CCC1C2.C1CC2CCC1C2.C1CCC2CCCC2C1.CC.CC.CC.CC.CC.CC.CC.CC.CC.CC.CC1CC2CCCC2C1.CCC.CCC1CCC2CCCC2C1.CCC1CCC2CCCCC12.CCC1CCC2CCCCC12.CCC1CCC2CCCCC2C1. The van der Waals surface area contributed by atoms with Gasteiger partial charge < -0.3 is 0 Å². The Kier molecular flexibility index (Phi) is 78.8. The Labute approximate surface area is 648 Å². The Morgan fingerprint density at radius 2 is 0.396 bits per heavy atom. The molecule has 0 nitrogen and oxygen atoms in total. The third kappa shape index (κ3) is 42.7. The zero-order valence-corrected chi connectivity index (χ0v) is 75.9. The number of hydrogen-bond donors (Lipinski definition) is 0. The molecule has 16 fully saturated rings. The van der Waals surface area contributed by atoms with E-state index in [2.05, 4.69) is 48.5 Å². The van der Waals surface area contributed by atoms with Crippen LogP contribution < -0.4 is 0 Å². The summed E-state index contributed by atoms with van der Waals surface area (Å²) in [5.41, 5.74) is 0. The van der Waals surface area contributed by atoms with Gasteiger partial charge in [0, 0.05) is 0 Å². The summed E-state index contributed by atoms with van der Waals surface area (Å²) in [5.74, 6) is 23.9. The van der Waals surface area contributed by atoms with E-state index in [0.717, 1.165) is 88.8 Å². The first-order valence-corrected chi connectivity index (χ1v) is 49.3. The monoisotopic (exact) mass is 1420 g/mol. The van der Waals surface area contributed by atoms with Crippen molar-refractivity contribution in [1.82, 2.24) is 0 Å². The molecular formula is C101H210.